The fraction of sp³-hybridized carbons (Fsp3) is 0.500. The Morgan fingerprint density at radius 3 is 3.00 bits per heavy atom. The molecule has 0 saturated heterocycles. The van der Waals surface area contributed by atoms with Crippen molar-refractivity contribution in [3.05, 3.63) is 29.3 Å². The summed E-state index contributed by atoms with van der Waals surface area (Å²) in [6.07, 6.45) is 2.37. The summed E-state index contributed by atoms with van der Waals surface area (Å²) < 4.78 is 0. The average Bonchev–Trinajstić information content (AvgIpc) is 2.36. The number of carboxylic acid groups (broad SMARTS) is 1. The third-order valence-electron chi connectivity index (χ3n) is 3.24. The number of rotatable bonds is 4. The van der Waals surface area contributed by atoms with Gasteiger partial charge in [-0.25, -0.2) is 0 Å². The Morgan fingerprint density at radius 1 is 1.50 bits per heavy atom. The van der Waals surface area contributed by atoms with E-state index in [1.54, 1.807) is 13.8 Å². The average molecular weight is 265 g/mol. The minimum absolute atomic E-state index is 0.594. The van der Waals surface area contributed by atoms with Crippen molar-refractivity contribution in [3.63, 3.8) is 0 Å². The number of fused-ring (bicyclic) bond motifs is 1. The zero-order valence-electron chi connectivity index (χ0n) is 10.8. The SMILES string of the molecule is CC(C)(NCc1ccc2c(c1)CCCS2)C(=O)O. The van der Waals surface area contributed by atoms with Gasteiger partial charge < -0.3 is 5.11 Å². The van der Waals surface area contributed by atoms with Gasteiger partial charge in [0.05, 0.1) is 0 Å². The van der Waals surface area contributed by atoms with Crippen molar-refractivity contribution in [1.29, 1.82) is 0 Å². The van der Waals surface area contributed by atoms with Crippen molar-refractivity contribution in [2.24, 2.45) is 0 Å². The molecule has 1 aliphatic heterocycles. The minimum Gasteiger partial charge on any atom is -0.480 e. The topological polar surface area (TPSA) is 49.3 Å². The lowest BCUT2D eigenvalue weighted by atomic mass is 10.0. The first-order valence-corrected chi connectivity index (χ1v) is 7.20. The molecule has 2 N–H and O–H groups in total. The van der Waals surface area contributed by atoms with Crippen LogP contribution in [0.2, 0.25) is 0 Å². The second-order valence-corrected chi connectivity index (χ2v) is 6.31. The molecule has 0 atom stereocenters. The minimum atomic E-state index is -0.884. The van der Waals surface area contributed by atoms with Crippen LogP contribution in [0.3, 0.4) is 0 Å². The van der Waals surface area contributed by atoms with Gasteiger partial charge in [0.25, 0.3) is 0 Å². The van der Waals surface area contributed by atoms with E-state index >= 15 is 0 Å². The highest BCUT2D eigenvalue weighted by Crippen LogP contribution is 2.30. The van der Waals surface area contributed by atoms with E-state index in [0.717, 1.165) is 12.0 Å². The molecule has 18 heavy (non-hydrogen) atoms. The van der Waals surface area contributed by atoms with Crippen LogP contribution in [0.1, 0.15) is 31.4 Å². The maximum atomic E-state index is 11.0. The predicted molar refractivity (Wildman–Crippen MR) is 74.0 cm³/mol. The van der Waals surface area contributed by atoms with Crippen molar-refractivity contribution in [1.82, 2.24) is 5.32 Å². The molecule has 0 spiro atoms. The number of carboxylic acids is 1. The fourth-order valence-electron chi connectivity index (χ4n) is 1.92. The molecule has 0 radical (unpaired) electrons. The number of thioether (sulfide) groups is 1. The van der Waals surface area contributed by atoms with Crippen LogP contribution in [0, 0.1) is 0 Å². The van der Waals surface area contributed by atoms with Crippen molar-refractivity contribution in [2.75, 3.05) is 5.75 Å². The molecule has 0 amide bonds. The molecule has 1 aliphatic rings. The quantitative estimate of drug-likeness (QED) is 0.879. The number of aliphatic carboxylic acids is 1. The Morgan fingerprint density at radius 2 is 2.28 bits per heavy atom. The van der Waals surface area contributed by atoms with Crippen molar-refractivity contribution in [2.45, 2.75) is 43.7 Å². The molecule has 98 valence electrons. The summed E-state index contributed by atoms with van der Waals surface area (Å²) in [6.45, 7) is 3.96. The predicted octanol–water partition coefficient (Wildman–Crippen LogP) is 2.68. The maximum Gasteiger partial charge on any atom is 0.323 e. The first kappa shape index (κ1) is 13.4. The molecule has 0 saturated carbocycles. The van der Waals surface area contributed by atoms with Gasteiger partial charge in [0.15, 0.2) is 0 Å². The normalized spacial score (nSPS) is 15.2. The second-order valence-electron chi connectivity index (χ2n) is 5.18. The number of carbonyl (C=O) groups is 1. The summed E-state index contributed by atoms with van der Waals surface area (Å²) in [7, 11) is 0. The van der Waals surface area contributed by atoms with E-state index in [1.807, 2.05) is 11.8 Å². The lowest BCUT2D eigenvalue weighted by Gasteiger charge is -2.22. The van der Waals surface area contributed by atoms with Gasteiger partial charge in [-0.3, -0.25) is 10.1 Å². The molecule has 0 aromatic heterocycles. The van der Waals surface area contributed by atoms with E-state index in [0.29, 0.717) is 6.54 Å². The Kier molecular flexibility index (Phi) is 3.97. The van der Waals surface area contributed by atoms with Crippen LogP contribution in [0.4, 0.5) is 0 Å². The van der Waals surface area contributed by atoms with Crippen molar-refractivity contribution in [3.8, 4) is 0 Å². The van der Waals surface area contributed by atoms with Gasteiger partial charge in [0, 0.05) is 11.4 Å². The molecule has 0 aliphatic carbocycles. The molecule has 0 bridgehead atoms. The molecule has 1 aromatic rings. The van der Waals surface area contributed by atoms with Crippen LogP contribution in [-0.2, 0) is 17.8 Å². The highest BCUT2D eigenvalue weighted by Gasteiger charge is 2.25. The van der Waals surface area contributed by atoms with Crippen LogP contribution < -0.4 is 5.32 Å². The van der Waals surface area contributed by atoms with Crippen LogP contribution >= 0.6 is 11.8 Å². The second kappa shape index (κ2) is 5.33. The highest BCUT2D eigenvalue weighted by molar-refractivity contribution is 7.99. The zero-order valence-corrected chi connectivity index (χ0v) is 11.6. The highest BCUT2D eigenvalue weighted by atomic mass is 32.2. The van der Waals surface area contributed by atoms with Gasteiger partial charge in [-0.2, -0.15) is 0 Å². The number of benzene rings is 1. The Hall–Kier alpha value is -1.00. The molecule has 0 fully saturated rings. The third-order valence-corrected chi connectivity index (χ3v) is 4.44. The van der Waals surface area contributed by atoms with Crippen molar-refractivity contribution >= 4 is 17.7 Å². The summed E-state index contributed by atoms with van der Waals surface area (Å²) in [4.78, 5) is 12.4. The molecule has 0 unspecified atom stereocenters. The molecular formula is C14H19NO2S. The molecule has 2 rings (SSSR count). The summed E-state index contributed by atoms with van der Waals surface area (Å²) >= 11 is 1.91. The third kappa shape index (κ3) is 3.06. The Balaban J connectivity index is 2.04. The van der Waals surface area contributed by atoms with Gasteiger partial charge in [-0.15, -0.1) is 11.8 Å². The lowest BCUT2D eigenvalue weighted by Crippen LogP contribution is -2.46. The van der Waals surface area contributed by atoms with E-state index in [9.17, 15) is 4.79 Å². The van der Waals surface area contributed by atoms with Crippen LogP contribution in [0.15, 0.2) is 23.1 Å². The Labute approximate surface area is 112 Å². The summed E-state index contributed by atoms with van der Waals surface area (Å²) in [5, 5.41) is 12.1. The monoisotopic (exact) mass is 265 g/mol. The van der Waals surface area contributed by atoms with Gasteiger partial charge in [-0.05, 0) is 49.6 Å². The van der Waals surface area contributed by atoms with Gasteiger partial charge in [0.2, 0.25) is 0 Å². The van der Waals surface area contributed by atoms with Crippen LogP contribution in [0.25, 0.3) is 0 Å². The first-order chi connectivity index (χ1) is 8.49. The standard InChI is InChI=1S/C14H19NO2S/c1-14(2,13(16)17)15-9-10-5-6-12-11(8-10)4-3-7-18-12/h5-6,8,15H,3-4,7,9H2,1-2H3,(H,16,17). The molecule has 1 heterocycles. The lowest BCUT2D eigenvalue weighted by molar-refractivity contribution is -0.143. The summed E-state index contributed by atoms with van der Waals surface area (Å²) in [6, 6.07) is 6.44. The van der Waals surface area contributed by atoms with E-state index in [1.165, 1.54) is 22.6 Å². The van der Waals surface area contributed by atoms with Gasteiger partial charge in [0.1, 0.15) is 5.54 Å². The first-order valence-electron chi connectivity index (χ1n) is 6.22. The van der Waals surface area contributed by atoms with E-state index in [-0.39, 0.29) is 0 Å². The van der Waals surface area contributed by atoms with E-state index in [2.05, 4.69) is 23.5 Å². The smallest absolute Gasteiger partial charge is 0.323 e. The summed E-state index contributed by atoms with van der Waals surface area (Å²) in [5.74, 6) is 0.382. The maximum absolute atomic E-state index is 11.0. The molecule has 1 aromatic carbocycles. The molecule has 4 heteroatoms. The largest absolute Gasteiger partial charge is 0.480 e. The van der Waals surface area contributed by atoms with Crippen LogP contribution in [0.5, 0.6) is 0 Å². The fourth-order valence-corrected chi connectivity index (χ4v) is 2.94. The van der Waals surface area contributed by atoms with Gasteiger partial charge >= 0.3 is 5.97 Å². The summed E-state index contributed by atoms with van der Waals surface area (Å²) in [5.41, 5.74) is 1.68. The van der Waals surface area contributed by atoms with Crippen molar-refractivity contribution < 1.29 is 9.90 Å². The molecular weight excluding hydrogens is 246 g/mol. The Bertz CT molecular complexity index is 457. The van der Waals surface area contributed by atoms with E-state index in [4.69, 9.17) is 5.11 Å². The molecule has 3 nitrogen and oxygen atoms in total. The van der Waals surface area contributed by atoms with Crippen LogP contribution in [-0.4, -0.2) is 22.4 Å². The number of hydrogen-bond donors (Lipinski definition) is 2. The van der Waals surface area contributed by atoms with E-state index < -0.39 is 11.5 Å². The zero-order chi connectivity index (χ0) is 13.2. The number of nitrogens with one attached hydrogen (secondary N) is 1. The number of hydrogen-bond acceptors (Lipinski definition) is 3. The number of aryl methyl sites for hydroxylation is 1. The van der Waals surface area contributed by atoms with Gasteiger partial charge in [-0.1, -0.05) is 12.1 Å².